The number of rotatable bonds is 1. The summed E-state index contributed by atoms with van der Waals surface area (Å²) in [5.41, 5.74) is 1.77. The molecule has 2 aromatic rings. The summed E-state index contributed by atoms with van der Waals surface area (Å²) in [4.78, 5) is 0. The predicted molar refractivity (Wildman–Crippen MR) is 57.3 cm³/mol. The van der Waals surface area contributed by atoms with Crippen LogP contribution in [-0.4, -0.2) is 16.8 Å². The predicted octanol–water partition coefficient (Wildman–Crippen LogP) is 2.57. The van der Waals surface area contributed by atoms with E-state index in [9.17, 15) is 13.2 Å². The first-order valence-electron chi connectivity index (χ1n) is 5.46. The fourth-order valence-electron chi connectivity index (χ4n) is 2.04. The molecule has 0 radical (unpaired) electrons. The number of hydrogen-bond donors (Lipinski definition) is 1. The lowest BCUT2D eigenvalue weighted by Crippen LogP contribution is -2.09. The number of hydrogen-bond acceptors (Lipinski definition) is 2. The van der Waals surface area contributed by atoms with E-state index < -0.39 is 17.5 Å². The Balaban J connectivity index is 2.16. The van der Waals surface area contributed by atoms with Gasteiger partial charge in [0.25, 0.3) is 0 Å². The molecule has 0 amide bonds. The topological polar surface area (TPSA) is 37.9 Å². The maximum absolute atomic E-state index is 13.7. The molecule has 3 rings (SSSR count). The lowest BCUT2D eigenvalue weighted by molar-refractivity contribution is 0.110. The second kappa shape index (κ2) is 4.13. The third kappa shape index (κ3) is 1.60. The summed E-state index contributed by atoms with van der Waals surface area (Å²) >= 11 is 0. The first-order valence-corrected chi connectivity index (χ1v) is 5.46. The number of H-pyrrole nitrogens is 1. The van der Waals surface area contributed by atoms with Crippen molar-refractivity contribution in [2.45, 2.75) is 13.0 Å². The van der Waals surface area contributed by atoms with Crippen molar-refractivity contribution in [1.29, 1.82) is 0 Å². The van der Waals surface area contributed by atoms with Gasteiger partial charge in [0.05, 0.1) is 13.2 Å². The number of aromatic amines is 1. The van der Waals surface area contributed by atoms with Gasteiger partial charge in [-0.15, -0.1) is 0 Å². The van der Waals surface area contributed by atoms with E-state index in [2.05, 4.69) is 10.2 Å². The van der Waals surface area contributed by atoms with Crippen molar-refractivity contribution in [2.75, 3.05) is 6.61 Å². The zero-order valence-corrected chi connectivity index (χ0v) is 9.27. The Labute approximate surface area is 101 Å². The Bertz CT molecular complexity index is 610. The van der Waals surface area contributed by atoms with Gasteiger partial charge in [0, 0.05) is 23.2 Å². The minimum absolute atomic E-state index is 0.0584. The van der Waals surface area contributed by atoms with Crippen LogP contribution >= 0.6 is 0 Å². The van der Waals surface area contributed by atoms with Crippen molar-refractivity contribution in [3.05, 3.63) is 40.8 Å². The summed E-state index contributed by atoms with van der Waals surface area (Å²) in [6, 6.07) is 2.07. The van der Waals surface area contributed by atoms with Crippen LogP contribution in [0.25, 0.3) is 11.3 Å². The highest BCUT2D eigenvalue weighted by molar-refractivity contribution is 5.65. The lowest BCUT2D eigenvalue weighted by atomic mass is 10.0. The highest BCUT2D eigenvalue weighted by atomic mass is 19.2. The van der Waals surface area contributed by atoms with Gasteiger partial charge in [0.2, 0.25) is 0 Å². The molecular weight excluding hydrogens is 245 g/mol. The lowest BCUT2D eigenvalue weighted by Gasteiger charge is -2.12. The van der Waals surface area contributed by atoms with Crippen LogP contribution in [0, 0.1) is 17.5 Å². The minimum atomic E-state index is -1.49. The van der Waals surface area contributed by atoms with Crippen LogP contribution in [0.3, 0.4) is 0 Å². The Hall–Kier alpha value is -1.82. The molecular formula is C12H9F3N2O. The average molecular weight is 254 g/mol. The molecule has 0 aliphatic carbocycles. The highest BCUT2D eigenvalue weighted by Gasteiger charge is 2.23. The Morgan fingerprint density at radius 2 is 2.00 bits per heavy atom. The van der Waals surface area contributed by atoms with Gasteiger partial charge < -0.3 is 4.74 Å². The van der Waals surface area contributed by atoms with Gasteiger partial charge in [-0.05, 0) is 12.1 Å². The smallest absolute Gasteiger partial charge is 0.195 e. The van der Waals surface area contributed by atoms with Gasteiger partial charge >= 0.3 is 0 Å². The van der Waals surface area contributed by atoms with E-state index in [1.165, 1.54) is 6.07 Å². The Morgan fingerprint density at radius 3 is 2.83 bits per heavy atom. The molecule has 0 saturated heterocycles. The molecule has 1 N–H and O–H groups in total. The third-order valence-corrected chi connectivity index (χ3v) is 2.99. The number of nitrogens with one attached hydrogen (secondary N) is 1. The van der Waals surface area contributed by atoms with E-state index in [0.29, 0.717) is 25.2 Å². The molecule has 6 heteroatoms. The minimum Gasteiger partial charge on any atom is -0.376 e. The molecule has 0 unspecified atom stereocenters. The number of aromatic nitrogens is 2. The van der Waals surface area contributed by atoms with Crippen LogP contribution in [0.5, 0.6) is 0 Å². The van der Waals surface area contributed by atoms with E-state index >= 15 is 0 Å². The fraction of sp³-hybridized carbons (Fsp3) is 0.250. The first-order chi connectivity index (χ1) is 8.68. The molecule has 0 saturated carbocycles. The molecule has 3 nitrogen and oxygen atoms in total. The van der Waals surface area contributed by atoms with Crippen molar-refractivity contribution in [3.63, 3.8) is 0 Å². The molecule has 1 aromatic carbocycles. The summed E-state index contributed by atoms with van der Waals surface area (Å²) in [5, 5.41) is 6.74. The molecule has 2 heterocycles. The zero-order chi connectivity index (χ0) is 12.7. The standard InChI is InChI=1S/C12H9F3N2O/c13-8-2-1-6(10(14)11(8)15)12-7-5-18-4-3-9(7)16-17-12/h1-2H,3-5H2,(H,16,17). The van der Waals surface area contributed by atoms with Crippen molar-refractivity contribution < 1.29 is 17.9 Å². The molecule has 0 spiro atoms. The largest absolute Gasteiger partial charge is 0.376 e. The molecule has 1 aliphatic heterocycles. The molecule has 1 aliphatic rings. The normalized spacial score (nSPS) is 14.6. The third-order valence-electron chi connectivity index (χ3n) is 2.99. The van der Waals surface area contributed by atoms with Gasteiger partial charge in [-0.25, -0.2) is 13.2 Å². The van der Waals surface area contributed by atoms with Gasteiger partial charge in [-0.3, -0.25) is 5.10 Å². The monoisotopic (exact) mass is 254 g/mol. The first kappa shape index (κ1) is 11.3. The summed E-state index contributed by atoms with van der Waals surface area (Å²) < 4.78 is 45.0. The van der Waals surface area contributed by atoms with E-state index in [1.54, 1.807) is 0 Å². The van der Waals surface area contributed by atoms with Crippen molar-refractivity contribution in [1.82, 2.24) is 10.2 Å². The molecule has 1 aromatic heterocycles. The van der Waals surface area contributed by atoms with Crippen LogP contribution in [-0.2, 0) is 17.8 Å². The molecule has 0 fully saturated rings. The summed E-state index contributed by atoms with van der Waals surface area (Å²) in [6.07, 6.45) is 0.646. The molecule has 18 heavy (non-hydrogen) atoms. The zero-order valence-electron chi connectivity index (χ0n) is 9.27. The summed E-state index contributed by atoms with van der Waals surface area (Å²) in [5.74, 6) is -3.92. The van der Waals surface area contributed by atoms with Gasteiger partial charge in [0.15, 0.2) is 17.5 Å². The van der Waals surface area contributed by atoms with Crippen LogP contribution in [0.1, 0.15) is 11.3 Å². The van der Waals surface area contributed by atoms with Crippen LogP contribution in [0.15, 0.2) is 12.1 Å². The Morgan fingerprint density at radius 1 is 1.17 bits per heavy atom. The summed E-state index contributed by atoms with van der Waals surface area (Å²) in [7, 11) is 0. The van der Waals surface area contributed by atoms with Crippen LogP contribution in [0.2, 0.25) is 0 Å². The summed E-state index contributed by atoms with van der Waals surface area (Å²) in [6.45, 7) is 0.856. The number of halogens is 3. The SMILES string of the molecule is Fc1ccc(-c2n[nH]c3c2COCC3)c(F)c1F. The Kier molecular flexibility index (Phi) is 2.59. The maximum atomic E-state index is 13.7. The van der Waals surface area contributed by atoms with E-state index in [4.69, 9.17) is 4.74 Å². The molecule has 0 bridgehead atoms. The van der Waals surface area contributed by atoms with Crippen LogP contribution in [0.4, 0.5) is 13.2 Å². The molecule has 94 valence electrons. The fourth-order valence-corrected chi connectivity index (χ4v) is 2.04. The average Bonchev–Trinajstić information content (AvgIpc) is 2.80. The number of ether oxygens (including phenoxy) is 1. The van der Waals surface area contributed by atoms with E-state index in [1.807, 2.05) is 0 Å². The number of fused-ring (bicyclic) bond motifs is 1. The second-order valence-corrected chi connectivity index (χ2v) is 4.05. The van der Waals surface area contributed by atoms with E-state index in [-0.39, 0.29) is 11.3 Å². The van der Waals surface area contributed by atoms with Gasteiger partial charge in [0.1, 0.15) is 5.69 Å². The van der Waals surface area contributed by atoms with Crippen molar-refractivity contribution >= 4 is 0 Å². The number of benzene rings is 1. The maximum Gasteiger partial charge on any atom is 0.195 e. The van der Waals surface area contributed by atoms with Crippen molar-refractivity contribution in [3.8, 4) is 11.3 Å². The van der Waals surface area contributed by atoms with Crippen LogP contribution < -0.4 is 0 Å². The van der Waals surface area contributed by atoms with Gasteiger partial charge in [-0.2, -0.15) is 5.10 Å². The molecule has 0 atom stereocenters. The van der Waals surface area contributed by atoms with E-state index in [0.717, 1.165) is 11.8 Å². The van der Waals surface area contributed by atoms with Gasteiger partial charge in [-0.1, -0.05) is 0 Å². The number of nitrogens with zero attached hydrogens (tertiary/aromatic N) is 1. The highest BCUT2D eigenvalue weighted by Crippen LogP contribution is 2.30. The quantitative estimate of drug-likeness (QED) is 0.794. The van der Waals surface area contributed by atoms with Crippen molar-refractivity contribution in [2.24, 2.45) is 0 Å². The second-order valence-electron chi connectivity index (χ2n) is 4.05.